The number of nitriles is 1. The van der Waals surface area contributed by atoms with Crippen LogP contribution in [0.1, 0.15) is 39.2 Å². The van der Waals surface area contributed by atoms with Gasteiger partial charge in [0.15, 0.2) is 0 Å². The molecule has 2 bridgehead atoms. The van der Waals surface area contributed by atoms with Gasteiger partial charge in [-0.1, -0.05) is 50.3 Å². The van der Waals surface area contributed by atoms with Crippen molar-refractivity contribution < 1.29 is 9.53 Å². The monoisotopic (exact) mass is 587 g/mol. The SMILES string of the molecule is CC.CC#N.COC1=NC2CC(CCN(c3cccc4cccc(C)c34)C2)C(N2CCN(C(=O)/C=C/CN(C)C)CC2)=N1. The van der Waals surface area contributed by atoms with Gasteiger partial charge in [0.05, 0.1) is 19.2 Å². The number of carbonyl (C=O) groups excluding carboxylic acids is 1. The van der Waals surface area contributed by atoms with E-state index in [4.69, 9.17) is 20.0 Å². The summed E-state index contributed by atoms with van der Waals surface area (Å²) in [5.74, 6) is 1.46. The largest absolute Gasteiger partial charge is 0.467 e. The second-order valence-corrected chi connectivity index (χ2v) is 11.1. The number of rotatable bonds is 4. The van der Waals surface area contributed by atoms with Gasteiger partial charge < -0.3 is 24.3 Å². The smallest absolute Gasteiger partial charge is 0.313 e. The number of hydrogen-bond acceptors (Lipinski definition) is 8. The summed E-state index contributed by atoms with van der Waals surface area (Å²) in [5, 5.41) is 9.92. The van der Waals surface area contributed by atoms with Gasteiger partial charge >= 0.3 is 6.02 Å². The molecule has 3 aliphatic rings. The number of aliphatic imine (C=N–C) groups is 2. The minimum Gasteiger partial charge on any atom is -0.467 e. The van der Waals surface area contributed by atoms with E-state index in [1.807, 2.05) is 43.8 Å². The summed E-state index contributed by atoms with van der Waals surface area (Å²) in [6.07, 6.45) is 5.60. The van der Waals surface area contributed by atoms with Gasteiger partial charge in [0.1, 0.15) is 5.84 Å². The van der Waals surface area contributed by atoms with E-state index in [-0.39, 0.29) is 11.9 Å². The van der Waals surface area contributed by atoms with Gasteiger partial charge in [0.2, 0.25) is 5.91 Å². The number of ether oxygens (including phenoxy) is 1. The molecule has 0 aromatic heterocycles. The second-order valence-electron chi connectivity index (χ2n) is 11.1. The van der Waals surface area contributed by atoms with Crippen LogP contribution >= 0.6 is 0 Å². The number of benzene rings is 2. The lowest BCUT2D eigenvalue weighted by Gasteiger charge is -2.38. The molecule has 2 fully saturated rings. The van der Waals surface area contributed by atoms with Crippen molar-refractivity contribution in [2.45, 2.75) is 46.6 Å². The lowest BCUT2D eigenvalue weighted by atomic mass is 9.96. The number of likely N-dealkylation sites (N-methyl/N-ethyl adjacent to an activating group) is 1. The second kappa shape index (κ2) is 16.7. The van der Waals surface area contributed by atoms with Crippen molar-refractivity contribution in [2.75, 3.05) is 71.9 Å². The zero-order chi connectivity index (χ0) is 31.4. The van der Waals surface area contributed by atoms with Crippen LogP contribution in [0.3, 0.4) is 0 Å². The fraction of sp³-hybridized carbons (Fsp3) is 0.529. The Morgan fingerprint density at radius 1 is 1.09 bits per heavy atom. The average molecular weight is 588 g/mol. The zero-order valence-electron chi connectivity index (χ0n) is 27.1. The maximum absolute atomic E-state index is 12.6. The minimum atomic E-state index is 0.0870. The van der Waals surface area contributed by atoms with Crippen LogP contribution in [0.25, 0.3) is 10.8 Å². The molecule has 3 aliphatic heterocycles. The Kier molecular flexibility index (Phi) is 13.0. The van der Waals surface area contributed by atoms with Crippen LogP contribution in [0.2, 0.25) is 0 Å². The third-order valence-electron chi connectivity index (χ3n) is 7.86. The van der Waals surface area contributed by atoms with Crippen molar-refractivity contribution in [1.82, 2.24) is 14.7 Å². The summed E-state index contributed by atoms with van der Waals surface area (Å²) >= 11 is 0. The molecule has 232 valence electrons. The molecule has 0 radical (unpaired) electrons. The van der Waals surface area contributed by atoms with Crippen molar-refractivity contribution in [1.29, 1.82) is 5.26 Å². The molecule has 0 N–H and O–H groups in total. The van der Waals surface area contributed by atoms with E-state index in [0.717, 1.165) is 51.4 Å². The Hall–Kier alpha value is -3.90. The average Bonchev–Trinajstić information content (AvgIpc) is 3.33. The summed E-state index contributed by atoms with van der Waals surface area (Å²) < 4.78 is 5.63. The van der Waals surface area contributed by atoms with Gasteiger partial charge in [-0.05, 0) is 50.9 Å². The highest BCUT2D eigenvalue weighted by molar-refractivity contribution is 5.98. The molecule has 0 spiro atoms. The standard InChI is InChI=1S/C30H40N6O2.C2H3N.C2H6/c1-22-8-5-9-23-10-6-11-26(28(22)23)36-15-13-24-20-25(21-36)31-30(38-4)32-29(24)35-18-16-34(17-19-35)27(37)12-7-14-33(2)3;1-2-3;1-2/h5-12,24-25H,13-21H2,1-4H3;1H3;1-2H3/b12-7+;;. The van der Waals surface area contributed by atoms with E-state index in [9.17, 15) is 4.79 Å². The predicted octanol–water partition coefficient (Wildman–Crippen LogP) is 4.97. The first-order valence-electron chi connectivity index (χ1n) is 15.4. The van der Waals surface area contributed by atoms with E-state index in [2.05, 4.69) is 53.1 Å². The lowest BCUT2D eigenvalue weighted by Crippen LogP contribution is -2.52. The Bertz CT molecular complexity index is 1330. The van der Waals surface area contributed by atoms with Crippen LogP contribution in [0, 0.1) is 24.2 Å². The molecule has 1 amide bonds. The van der Waals surface area contributed by atoms with Gasteiger partial charge in [-0.2, -0.15) is 10.3 Å². The molecule has 5 rings (SSSR count). The van der Waals surface area contributed by atoms with Crippen molar-refractivity contribution in [2.24, 2.45) is 15.9 Å². The summed E-state index contributed by atoms with van der Waals surface area (Å²) in [7, 11) is 5.66. The number of nitrogens with zero attached hydrogens (tertiary/aromatic N) is 7. The molecule has 9 heteroatoms. The lowest BCUT2D eigenvalue weighted by molar-refractivity contribution is -0.127. The van der Waals surface area contributed by atoms with E-state index >= 15 is 0 Å². The Balaban J connectivity index is 0.000000953. The fourth-order valence-electron chi connectivity index (χ4n) is 5.92. The van der Waals surface area contributed by atoms with Gasteiger partial charge in [0.25, 0.3) is 0 Å². The number of amides is 1. The minimum absolute atomic E-state index is 0.0870. The molecule has 0 saturated carbocycles. The maximum atomic E-state index is 12.6. The molecule has 0 aliphatic carbocycles. The summed E-state index contributed by atoms with van der Waals surface area (Å²) in [5.41, 5.74) is 2.59. The zero-order valence-corrected chi connectivity index (χ0v) is 27.1. The number of hydrogen-bond donors (Lipinski definition) is 0. The van der Waals surface area contributed by atoms with Gasteiger partial charge in [-0.25, -0.2) is 4.99 Å². The molecule has 43 heavy (non-hydrogen) atoms. The van der Waals surface area contributed by atoms with Crippen molar-refractivity contribution in [3.63, 3.8) is 0 Å². The predicted molar refractivity (Wildman–Crippen MR) is 178 cm³/mol. The highest BCUT2D eigenvalue weighted by Gasteiger charge is 2.34. The van der Waals surface area contributed by atoms with Crippen molar-refractivity contribution in [3.8, 4) is 6.07 Å². The van der Waals surface area contributed by atoms with E-state index in [0.29, 0.717) is 25.0 Å². The molecular weight excluding hydrogens is 538 g/mol. The highest BCUT2D eigenvalue weighted by atomic mass is 16.5. The van der Waals surface area contributed by atoms with Gasteiger partial charge in [-0.3, -0.25) is 4.79 Å². The van der Waals surface area contributed by atoms with Crippen LogP contribution in [-0.4, -0.2) is 106 Å². The number of amidine groups is 2. The molecule has 9 nitrogen and oxygen atoms in total. The molecular formula is C34H49N7O2. The van der Waals surface area contributed by atoms with Crippen molar-refractivity contribution >= 4 is 34.2 Å². The first kappa shape index (κ1) is 33.6. The number of aryl methyl sites for hydroxylation is 1. The number of anilines is 1. The Labute approximate surface area is 258 Å². The Morgan fingerprint density at radius 2 is 1.77 bits per heavy atom. The summed E-state index contributed by atoms with van der Waals surface area (Å²) in [4.78, 5) is 31.4. The Morgan fingerprint density at radius 3 is 2.42 bits per heavy atom. The molecule has 3 heterocycles. The van der Waals surface area contributed by atoms with Gasteiger partial charge in [0, 0.05) is 75.8 Å². The maximum Gasteiger partial charge on any atom is 0.313 e. The van der Waals surface area contributed by atoms with Crippen LogP contribution < -0.4 is 4.90 Å². The highest BCUT2D eigenvalue weighted by Crippen LogP contribution is 2.34. The molecule has 2 atom stereocenters. The summed E-state index contributed by atoms with van der Waals surface area (Å²) in [6, 6.07) is 15.5. The molecule has 2 saturated heterocycles. The molecule has 2 aromatic rings. The normalized spacial score (nSPS) is 20.1. The quantitative estimate of drug-likeness (QED) is 0.470. The number of fused-ring (bicyclic) bond motifs is 3. The third kappa shape index (κ3) is 8.80. The first-order chi connectivity index (χ1) is 20.8. The fourth-order valence-corrected chi connectivity index (χ4v) is 5.92. The summed E-state index contributed by atoms with van der Waals surface area (Å²) in [6.45, 7) is 13.1. The topological polar surface area (TPSA) is 87.8 Å². The van der Waals surface area contributed by atoms with Gasteiger partial charge in [-0.15, -0.1) is 0 Å². The van der Waals surface area contributed by atoms with E-state index in [1.54, 1.807) is 19.3 Å². The van der Waals surface area contributed by atoms with Crippen LogP contribution in [0.15, 0.2) is 58.5 Å². The van der Waals surface area contributed by atoms with Crippen LogP contribution in [-0.2, 0) is 9.53 Å². The molecule has 2 aromatic carbocycles. The van der Waals surface area contributed by atoms with Crippen LogP contribution in [0.4, 0.5) is 5.69 Å². The van der Waals surface area contributed by atoms with E-state index in [1.165, 1.54) is 28.9 Å². The third-order valence-corrected chi connectivity index (χ3v) is 7.86. The first-order valence-corrected chi connectivity index (χ1v) is 15.4. The molecule has 2 unspecified atom stereocenters. The van der Waals surface area contributed by atoms with Crippen molar-refractivity contribution in [3.05, 3.63) is 54.1 Å². The number of piperazine rings is 1. The van der Waals surface area contributed by atoms with E-state index < -0.39 is 0 Å². The van der Waals surface area contributed by atoms with Crippen LogP contribution in [0.5, 0.6) is 0 Å². The number of methoxy groups -OCH3 is 1. The number of carbonyl (C=O) groups is 1.